The Kier molecular flexibility index (Phi) is 5.26. The first-order chi connectivity index (χ1) is 15.9. The summed E-state index contributed by atoms with van der Waals surface area (Å²) in [6.45, 7) is 0. The lowest BCUT2D eigenvalue weighted by molar-refractivity contribution is 0.102. The van der Waals surface area contributed by atoms with E-state index in [1.165, 1.54) is 35.8 Å². The molecule has 0 spiro atoms. The molecule has 4 aromatic carbocycles. The smallest absolute Gasteiger partial charge is 0.261 e. The lowest BCUT2D eigenvalue weighted by Gasteiger charge is -2.12. The van der Waals surface area contributed by atoms with Crippen LogP contribution in [-0.4, -0.2) is 21.4 Å². The minimum atomic E-state index is -3.75. The van der Waals surface area contributed by atoms with Crippen LogP contribution in [0.5, 0.6) is 5.75 Å². The third-order valence-corrected chi connectivity index (χ3v) is 7.29. The summed E-state index contributed by atoms with van der Waals surface area (Å²) >= 11 is 0. The van der Waals surface area contributed by atoms with Crippen molar-refractivity contribution in [2.24, 2.45) is 0 Å². The maximum absolute atomic E-state index is 12.9. The summed E-state index contributed by atoms with van der Waals surface area (Å²) in [5, 5.41) is 5.27. The highest BCUT2D eigenvalue weighted by atomic mass is 32.2. The third kappa shape index (κ3) is 4.03. The average molecular weight is 459 g/mol. The summed E-state index contributed by atoms with van der Waals surface area (Å²) in [6.07, 6.45) is 2.05. The van der Waals surface area contributed by atoms with Crippen molar-refractivity contribution in [3.05, 3.63) is 95.6 Å². The summed E-state index contributed by atoms with van der Waals surface area (Å²) in [6, 6.07) is 22.7. The van der Waals surface area contributed by atoms with Crippen LogP contribution in [0.15, 0.2) is 83.8 Å². The van der Waals surface area contributed by atoms with E-state index in [9.17, 15) is 13.2 Å². The molecule has 0 bridgehead atoms. The fourth-order valence-electron chi connectivity index (χ4n) is 4.21. The minimum Gasteiger partial charge on any atom is -0.497 e. The van der Waals surface area contributed by atoms with Gasteiger partial charge in [-0.2, -0.15) is 0 Å². The first kappa shape index (κ1) is 21.0. The van der Waals surface area contributed by atoms with Crippen molar-refractivity contribution in [1.82, 2.24) is 0 Å². The molecule has 0 unspecified atom stereocenters. The van der Waals surface area contributed by atoms with Gasteiger partial charge in [0.15, 0.2) is 0 Å². The average Bonchev–Trinajstić information content (AvgIpc) is 3.26. The number of anilines is 2. The van der Waals surface area contributed by atoms with Gasteiger partial charge in [-0.05, 0) is 84.0 Å². The number of benzene rings is 4. The Hall–Kier alpha value is -3.84. The van der Waals surface area contributed by atoms with Crippen LogP contribution in [0, 0.1) is 0 Å². The summed E-state index contributed by atoms with van der Waals surface area (Å²) < 4.78 is 32.8. The van der Waals surface area contributed by atoms with E-state index in [0.717, 1.165) is 23.9 Å². The van der Waals surface area contributed by atoms with Crippen LogP contribution in [0.3, 0.4) is 0 Å². The van der Waals surface area contributed by atoms with Crippen molar-refractivity contribution in [2.75, 3.05) is 17.1 Å². The van der Waals surface area contributed by atoms with Gasteiger partial charge in [-0.3, -0.25) is 9.52 Å². The standard InChI is InChI=1S/C26H22N2O4S/c1-32-21-12-14-22(15-13-21)33(30,31)28-20-10-7-19(8-11-20)26(29)27-24-16-9-18-6-5-17-3-2-4-23(24)25(17)18/h2-4,7-16,28H,5-6H2,1H3,(H,27,29). The molecule has 5 rings (SSSR count). The zero-order valence-corrected chi connectivity index (χ0v) is 18.8. The largest absolute Gasteiger partial charge is 0.497 e. The molecule has 4 aromatic rings. The van der Waals surface area contributed by atoms with Gasteiger partial charge in [0.2, 0.25) is 0 Å². The van der Waals surface area contributed by atoms with Crippen LogP contribution >= 0.6 is 0 Å². The Morgan fingerprint density at radius 3 is 2.24 bits per heavy atom. The molecule has 1 aliphatic rings. The van der Waals surface area contributed by atoms with E-state index >= 15 is 0 Å². The number of aryl methyl sites for hydroxylation is 2. The quantitative estimate of drug-likeness (QED) is 0.426. The molecule has 0 saturated heterocycles. The molecule has 7 heteroatoms. The summed E-state index contributed by atoms with van der Waals surface area (Å²) in [7, 11) is -2.23. The summed E-state index contributed by atoms with van der Waals surface area (Å²) in [4.78, 5) is 13.0. The molecule has 6 nitrogen and oxygen atoms in total. The number of carbonyl (C=O) groups excluding carboxylic acids is 1. The van der Waals surface area contributed by atoms with Crippen molar-refractivity contribution >= 4 is 38.1 Å². The van der Waals surface area contributed by atoms with Gasteiger partial charge in [0.1, 0.15) is 5.75 Å². The second-order valence-corrected chi connectivity index (χ2v) is 9.61. The van der Waals surface area contributed by atoms with Crippen molar-refractivity contribution in [1.29, 1.82) is 0 Å². The van der Waals surface area contributed by atoms with Crippen LogP contribution in [0.4, 0.5) is 11.4 Å². The Morgan fingerprint density at radius 2 is 1.55 bits per heavy atom. The van der Waals surface area contributed by atoms with Crippen LogP contribution in [-0.2, 0) is 22.9 Å². The highest BCUT2D eigenvalue weighted by Gasteiger charge is 2.18. The van der Waals surface area contributed by atoms with Crippen molar-refractivity contribution < 1.29 is 17.9 Å². The second-order valence-electron chi connectivity index (χ2n) is 7.92. The monoisotopic (exact) mass is 458 g/mol. The van der Waals surface area contributed by atoms with E-state index in [1.807, 2.05) is 18.2 Å². The molecule has 0 saturated carbocycles. The first-order valence-corrected chi connectivity index (χ1v) is 12.0. The van der Waals surface area contributed by atoms with Gasteiger partial charge in [-0.1, -0.05) is 24.3 Å². The predicted molar refractivity (Wildman–Crippen MR) is 130 cm³/mol. The Morgan fingerprint density at radius 1 is 0.848 bits per heavy atom. The first-order valence-electron chi connectivity index (χ1n) is 10.6. The number of nitrogens with one attached hydrogen (secondary N) is 2. The number of sulfonamides is 1. The maximum Gasteiger partial charge on any atom is 0.261 e. The number of rotatable bonds is 6. The number of carbonyl (C=O) groups is 1. The van der Waals surface area contributed by atoms with Crippen molar-refractivity contribution in [3.63, 3.8) is 0 Å². The van der Waals surface area contributed by atoms with E-state index in [2.05, 4.69) is 22.2 Å². The van der Waals surface area contributed by atoms with E-state index in [4.69, 9.17) is 4.74 Å². The van der Waals surface area contributed by atoms with Gasteiger partial charge < -0.3 is 10.1 Å². The molecule has 1 aliphatic carbocycles. The van der Waals surface area contributed by atoms with Gasteiger partial charge >= 0.3 is 0 Å². The molecular weight excluding hydrogens is 436 g/mol. The topological polar surface area (TPSA) is 84.5 Å². The molecule has 0 aromatic heterocycles. The number of methoxy groups -OCH3 is 1. The Bertz CT molecular complexity index is 1450. The summed E-state index contributed by atoms with van der Waals surface area (Å²) in [5.41, 5.74) is 4.20. The number of ether oxygens (including phenoxy) is 1. The van der Waals surface area contributed by atoms with E-state index < -0.39 is 10.0 Å². The SMILES string of the molecule is COc1ccc(S(=O)(=O)Nc2ccc(C(=O)Nc3ccc4c5c(cccc35)CC4)cc2)cc1. The minimum absolute atomic E-state index is 0.122. The molecular formula is C26H22N2O4S. The molecule has 2 N–H and O–H groups in total. The van der Waals surface area contributed by atoms with E-state index in [-0.39, 0.29) is 10.8 Å². The molecule has 0 aliphatic heterocycles. The molecule has 33 heavy (non-hydrogen) atoms. The maximum atomic E-state index is 12.9. The highest BCUT2D eigenvalue weighted by Crippen LogP contribution is 2.35. The highest BCUT2D eigenvalue weighted by molar-refractivity contribution is 7.92. The zero-order chi connectivity index (χ0) is 23.0. The second kappa shape index (κ2) is 8.26. The number of hydrogen-bond acceptors (Lipinski definition) is 4. The van der Waals surface area contributed by atoms with Crippen LogP contribution in [0.1, 0.15) is 21.5 Å². The zero-order valence-electron chi connectivity index (χ0n) is 18.0. The normalized spacial score (nSPS) is 12.5. The fourth-order valence-corrected chi connectivity index (χ4v) is 5.27. The van der Waals surface area contributed by atoms with Gasteiger partial charge in [0.25, 0.3) is 15.9 Å². The summed E-state index contributed by atoms with van der Waals surface area (Å²) in [5.74, 6) is 0.322. The predicted octanol–water partition coefficient (Wildman–Crippen LogP) is 5.00. The van der Waals surface area contributed by atoms with E-state index in [1.54, 1.807) is 36.4 Å². The van der Waals surface area contributed by atoms with Gasteiger partial charge in [0.05, 0.1) is 12.0 Å². The molecule has 0 heterocycles. The van der Waals surface area contributed by atoms with Crippen molar-refractivity contribution in [3.8, 4) is 5.75 Å². The number of hydrogen-bond donors (Lipinski definition) is 2. The lowest BCUT2D eigenvalue weighted by atomic mass is 10.0. The molecule has 166 valence electrons. The molecule has 0 radical (unpaired) electrons. The Balaban J connectivity index is 1.33. The molecule has 0 fully saturated rings. The fraction of sp³-hybridized carbons (Fsp3) is 0.115. The van der Waals surface area contributed by atoms with Gasteiger partial charge in [-0.25, -0.2) is 8.42 Å². The third-order valence-electron chi connectivity index (χ3n) is 5.89. The van der Waals surface area contributed by atoms with E-state index in [0.29, 0.717) is 17.0 Å². The van der Waals surface area contributed by atoms with Crippen LogP contribution < -0.4 is 14.8 Å². The van der Waals surface area contributed by atoms with Gasteiger partial charge in [-0.15, -0.1) is 0 Å². The van der Waals surface area contributed by atoms with Crippen LogP contribution in [0.25, 0.3) is 10.8 Å². The van der Waals surface area contributed by atoms with Gasteiger partial charge in [0, 0.05) is 22.3 Å². The lowest BCUT2D eigenvalue weighted by Crippen LogP contribution is -2.14. The van der Waals surface area contributed by atoms with Crippen molar-refractivity contribution in [2.45, 2.75) is 17.7 Å². The molecule has 0 atom stereocenters. The Labute approximate surface area is 192 Å². The number of amides is 1. The van der Waals surface area contributed by atoms with Crippen LogP contribution in [0.2, 0.25) is 0 Å². The molecule has 1 amide bonds.